The molecule has 0 aliphatic heterocycles. The molecule has 5 heteroatoms. The van der Waals surface area contributed by atoms with Gasteiger partial charge in [-0.2, -0.15) is 5.10 Å². The summed E-state index contributed by atoms with van der Waals surface area (Å²) >= 11 is 5.91. The molecule has 0 radical (unpaired) electrons. The second-order valence-electron chi connectivity index (χ2n) is 2.76. The summed E-state index contributed by atoms with van der Waals surface area (Å²) in [6, 6.07) is 3.46. The lowest BCUT2D eigenvalue weighted by molar-refractivity contribution is 0.889. The van der Waals surface area contributed by atoms with Crippen molar-refractivity contribution in [3.63, 3.8) is 0 Å². The number of halogens is 1. The molecule has 13 heavy (non-hydrogen) atoms. The maximum atomic E-state index is 5.91. The van der Waals surface area contributed by atoms with Gasteiger partial charge in [0.1, 0.15) is 11.0 Å². The second-order valence-corrected chi connectivity index (χ2v) is 3.15. The highest BCUT2D eigenvalue weighted by Gasteiger charge is 2.05. The Balaban J connectivity index is 2.75. The second kappa shape index (κ2) is 2.88. The van der Waals surface area contributed by atoms with Crippen molar-refractivity contribution >= 4 is 23.1 Å². The molecule has 0 aliphatic rings. The number of anilines is 1. The van der Waals surface area contributed by atoms with E-state index in [-0.39, 0.29) is 0 Å². The van der Waals surface area contributed by atoms with Crippen LogP contribution in [0.25, 0.3) is 5.65 Å². The Hall–Kier alpha value is -1.29. The van der Waals surface area contributed by atoms with E-state index in [0.717, 1.165) is 12.1 Å². The summed E-state index contributed by atoms with van der Waals surface area (Å²) in [7, 11) is 0. The number of aryl methyl sites for hydroxylation is 1. The summed E-state index contributed by atoms with van der Waals surface area (Å²) in [5, 5.41) is 4.73. The van der Waals surface area contributed by atoms with Gasteiger partial charge in [0.05, 0.1) is 5.69 Å². The van der Waals surface area contributed by atoms with E-state index in [4.69, 9.17) is 17.3 Å². The Morgan fingerprint density at radius 3 is 3.00 bits per heavy atom. The first-order valence-corrected chi connectivity index (χ1v) is 4.39. The molecule has 4 nitrogen and oxygen atoms in total. The number of hydrogen-bond acceptors (Lipinski definition) is 3. The highest BCUT2D eigenvalue weighted by atomic mass is 35.5. The molecule has 0 saturated heterocycles. The van der Waals surface area contributed by atoms with Gasteiger partial charge in [0, 0.05) is 12.1 Å². The van der Waals surface area contributed by atoms with Crippen molar-refractivity contribution in [3.05, 3.63) is 23.0 Å². The van der Waals surface area contributed by atoms with Crippen LogP contribution in [0.15, 0.2) is 12.1 Å². The number of aromatic nitrogens is 3. The molecule has 0 aromatic carbocycles. The predicted molar refractivity (Wildman–Crippen MR) is 51.8 cm³/mol. The Labute approximate surface area is 80.3 Å². The van der Waals surface area contributed by atoms with Gasteiger partial charge in [-0.25, -0.2) is 9.50 Å². The molecular weight excluding hydrogens is 188 g/mol. The zero-order chi connectivity index (χ0) is 9.42. The van der Waals surface area contributed by atoms with Crippen LogP contribution in [0, 0.1) is 0 Å². The van der Waals surface area contributed by atoms with Crippen LogP contribution in [-0.4, -0.2) is 14.6 Å². The molecule has 2 rings (SSSR count). The van der Waals surface area contributed by atoms with Crippen LogP contribution in [0.2, 0.25) is 5.15 Å². The Bertz CT molecular complexity index is 449. The molecule has 0 aliphatic carbocycles. The molecule has 0 bridgehead atoms. The number of nitrogens with two attached hydrogens (primary N) is 1. The average Bonchev–Trinajstić information content (AvgIpc) is 2.47. The van der Waals surface area contributed by atoms with Crippen molar-refractivity contribution < 1.29 is 0 Å². The monoisotopic (exact) mass is 196 g/mol. The van der Waals surface area contributed by atoms with Gasteiger partial charge in [0.25, 0.3) is 0 Å². The maximum absolute atomic E-state index is 5.91. The molecule has 0 saturated carbocycles. The zero-order valence-electron chi connectivity index (χ0n) is 7.16. The average molecular weight is 197 g/mol. The first-order chi connectivity index (χ1) is 6.20. The molecule has 68 valence electrons. The van der Waals surface area contributed by atoms with E-state index in [9.17, 15) is 0 Å². The Morgan fingerprint density at radius 2 is 2.31 bits per heavy atom. The van der Waals surface area contributed by atoms with Gasteiger partial charge in [0.15, 0.2) is 5.65 Å². The highest BCUT2D eigenvalue weighted by Crippen LogP contribution is 2.15. The van der Waals surface area contributed by atoms with Crippen LogP contribution in [0.1, 0.15) is 12.6 Å². The van der Waals surface area contributed by atoms with Crippen LogP contribution < -0.4 is 5.73 Å². The summed E-state index contributed by atoms with van der Waals surface area (Å²) in [5.41, 5.74) is 7.19. The summed E-state index contributed by atoms with van der Waals surface area (Å²) in [4.78, 5) is 4.10. The number of fused-ring (bicyclic) bond motifs is 1. The van der Waals surface area contributed by atoms with Gasteiger partial charge in [0.2, 0.25) is 0 Å². The molecule has 0 fully saturated rings. The fourth-order valence-corrected chi connectivity index (χ4v) is 1.41. The van der Waals surface area contributed by atoms with Crippen LogP contribution in [0.3, 0.4) is 0 Å². The van der Waals surface area contributed by atoms with Gasteiger partial charge in [-0.1, -0.05) is 18.5 Å². The van der Waals surface area contributed by atoms with Crippen LogP contribution in [-0.2, 0) is 6.42 Å². The fraction of sp³-hybridized carbons (Fsp3) is 0.250. The van der Waals surface area contributed by atoms with Crippen LogP contribution in [0.5, 0.6) is 0 Å². The first kappa shape index (κ1) is 8.31. The lowest BCUT2D eigenvalue weighted by atomic mass is 10.3. The SMILES string of the molecule is CCc1cc2nc(N)cc(Cl)n2n1. The van der Waals surface area contributed by atoms with Crippen molar-refractivity contribution in [2.75, 3.05) is 5.73 Å². The zero-order valence-corrected chi connectivity index (χ0v) is 7.91. The number of rotatable bonds is 1. The summed E-state index contributed by atoms with van der Waals surface area (Å²) < 4.78 is 1.58. The van der Waals surface area contributed by atoms with E-state index in [1.807, 2.05) is 13.0 Å². The summed E-state index contributed by atoms with van der Waals surface area (Å²) in [5.74, 6) is 0.417. The molecule has 0 amide bonds. The van der Waals surface area contributed by atoms with Gasteiger partial charge in [-0.3, -0.25) is 0 Å². The quantitative estimate of drug-likeness (QED) is 0.704. The number of nitrogen functional groups attached to an aromatic ring is 1. The maximum Gasteiger partial charge on any atom is 0.159 e. The molecule has 0 spiro atoms. The van der Waals surface area contributed by atoms with E-state index in [0.29, 0.717) is 16.6 Å². The lowest BCUT2D eigenvalue weighted by Crippen LogP contribution is -1.96. The molecule has 2 heterocycles. The van der Waals surface area contributed by atoms with Gasteiger partial charge >= 0.3 is 0 Å². The minimum absolute atomic E-state index is 0.417. The molecule has 2 N–H and O–H groups in total. The van der Waals surface area contributed by atoms with Crippen LogP contribution >= 0.6 is 11.6 Å². The van der Waals surface area contributed by atoms with Crippen molar-refractivity contribution in [2.24, 2.45) is 0 Å². The third kappa shape index (κ3) is 1.33. The third-order valence-electron chi connectivity index (χ3n) is 1.82. The van der Waals surface area contributed by atoms with Crippen molar-refractivity contribution in [3.8, 4) is 0 Å². The minimum atomic E-state index is 0.417. The smallest absolute Gasteiger partial charge is 0.159 e. The predicted octanol–water partition coefficient (Wildman–Crippen LogP) is 1.53. The first-order valence-electron chi connectivity index (χ1n) is 4.01. The third-order valence-corrected chi connectivity index (χ3v) is 2.09. The molecular formula is C8H9ClN4. The van der Waals surface area contributed by atoms with Crippen molar-refractivity contribution in [1.82, 2.24) is 14.6 Å². The number of hydrogen-bond donors (Lipinski definition) is 1. The highest BCUT2D eigenvalue weighted by molar-refractivity contribution is 6.29. The van der Waals surface area contributed by atoms with E-state index < -0.39 is 0 Å². The van der Waals surface area contributed by atoms with Crippen molar-refractivity contribution in [1.29, 1.82) is 0 Å². The van der Waals surface area contributed by atoms with Gasteiger partial charge in [-0.05, 0) is 6.42 Å². The Morgan fingerprint density at radius 1 is 1.54 bits per heavy atom. The standard InChI is InChI=1S/C8H9ClN4/c1-2-5-3-8-11-7(10)4-6(9)13(8)12-5/h3-4H,2H2,1H3,(H2,10,11). The van der Waals surface area contributed by atoms with E-state index in [1.54, 1.807) is 10.6 Å². The van der Waals surface area contributed by atoms with E-state index >= 15 is 0 Å². The van der Waals surface area contributed by atoms with Gasteiger partial charge < -0.3 is 5.73 Å². The van der Waals surface area contributed by atoms with E-state index in [2.05, 4.69) is 10.1 Å². The topological polar surface area (TPSA) is 56.2 Å². The molecule has 2 aromatic rings. The largest absolute Gasteiger partial charge is 0.384 e. The normalized spacial score (nSPS) is 10.9. The molecule has 0 unspecified atom stereocenters. The van der Waals surface area contributed by atoms with Crippen molar-refractivity contribution in [2.45, 2.75) is 13.3 Å². The molecule has 2 aromatic heterocycles. The lowest BCUT2D eigenvalue weighted by Gasteiger charge is -1.96. The van der Waals surface area contributed by atoms with E-state index in [1.165, 1.54) is 0 Å². The van der Waals surface area contributed by atoms with Gasteiger partial charge in [-0.15, -0.1) is 0 Å². The number of nitrogens with zero attached hydrogens (tertiary/aromatic N) is 3. The fourth-order valence-electron chi connectivity index (χ4n) is 1.18. The summed E-state index contributed by atoms with van der Waals surface area (Å²) in [6.07, 6.45) is 0.861. The Kier molecular flexibility index (Phi) is 1.84. The molecule has 0 atom stereocenters. The summed E-state index contributed by atoms with van der Waals surface area (Å²) in [6.45, 7) is 2.03. The van der Waals surface area contributed by atoms with Crippen LogP contribution in [0.4, 0.5) is 5.82 Å². The minimum Gasteiger partial charge on any atom is -0.384 e.